The van der Waals surface area contributed by atoms with Crippen LogP contribution in [0.25, 0.3) is 0 Å². The van der Waals surface area contributed by atoms with Gasteiger partial charge in [0, 0.05) is 11.6 Å². The van der Waals surface area contributed by atoms with Gasteiger partial charge in [-0.05, 0) is 43.4 Å². The summed E-state index contributed by atoms with van der Waals surface area (Å²) in [5, 5.41) is 13.2. The lowest BCUT2D eigenvalue weighted by molar-refractivity contribution is 0.129. The number of benzene rings is 1. The monoisotopic (exact) mass is 293 g/mol. The maximum atomic E-state index is 9.70. The lowest BCUT2D eigenvalue weighted by Crippen LogP contribution is -2.51. The number of hydrogen-bond donors (Lipinski definition) is 2. The maximum absolute atomic E-state index is 9.70. The summed E-state index contributed by atoms with van der Waals surface area (Å²) in [4.78, 5) is 0. The summed E-state index contributed by atoms with van der Waals surface area (Å²) in [6.45, 7) is 9.37. The van der Waals surface area contributed by atoms with Crippen molar-refractivity contribution in [2.45, 2.75) is 65.0 Å². The van der Waals surface area contributed by atoms with E-state index >= 15 is 0 Å². The molecule has 1 atom stereocenters. The van der Waals surface area contributed by atoms with Crippen molar-refractivity contribution in [1.29, 1.82) is 0 Å². The standard InChI is InChI=1S/C18H31NO2/c1-5-16-8-10-17(11-9-16)21-13-7-12-18(6-2,14-20)19-15(3)4/h8-11,15,19-20H,5-7,12-14H2,1-4H3. The lowest BCUT2D eigenvalue weighted by Gasteiger charge is -2.34. The van der Waals surface area contributed by atoms with Gasteiger partial charge in [0.25, 0.3) is 0 Å². The molecule has 0 aliphatic carbocycles. The van der Waals surface area contributed by atoms with Crippen molar-refractivity contribution in [3.05, 3.63) is 29.8 Å². The Bertz CT molecular complexity index is 383. The molecule has 0 aliphatic rings. The van der Waals surface area contributed by atoms with Crippen molar-refractivity contribution in [2.75, 3.05) is 13.2 Å². The zero-order chi connectivity index (χ0) is 15.7. The molecule has 0 fully saturated rings. The lowest BCUT2D eigenvalue weighted by atomic mass is 9.90. The maximum Gasteiger partial charge on any atom is 0.119 e. The van der Waals surface area contributed by atoms with Crippen LogP contribution in [0.5, 0.6) is 5.75 Å². The van der Waals surface area contributed by atoms with Gasteiger partial charge in [-0.3, -0.25) is 0 Å². The number of rotatable bonds is 10. The Morgan fingerprint density at radius 2 is 1.86 bits per heavy atom. The molecule has 0 amide bonds. The summed E-state index contributed by atoms with van der Waals surface area (Å²) in [6, 6.07) is 8.66. The number of aryl methyl sites for hydroxylation is 1. The molecule has 0 saturated heterocycles. The summed E-state index contributed by atoms with van der Waals surface area (Å²) < 4.78 is 5.79. The van der Waals surface area contributed by atoms with Crippen LogP contribution >= 0.6 is 0 Å². The molecule has 0 aromatic heterocycles. The molecule has 21 heavy (non-hydrogen) atoms. The molecular weight excluding hydrogens is 262 g/mol. The van der Waals surface area contributed by atoms with E-state index in [1.54, 1.807) is 0 Å². The average molecular weight is 293 g/mol. The molecule has 0 spiro atoms. The molecule has 2 N–H and O–H groups in total. The molecule has 3 nitrogen and oxygen atoms in total. The molecule has 0 radical (unpaired) electrons. The fourth-order valence-corrected chi connectivity index (χ4v) is 2.62. The van der Waals surface area contributed by atoms with Crippen LogP contribution in [0.4, 0.5) is 0 Å². The van der Waals surface area contributed by atoms with Gasteiger partial charge in [0.1, 0.15) is 5.75 Å². The van der Waals surface area contributed by atoms with Gasteiger partial charge in [-0.15, -0.1) is 0 Å². The van der Waals surface area contributed by atoms with Crippen molar-refractivity contribution in [1.82, 2.24) is 5.32 Å². The number of aliphatic hydroxyl groups excluding tert-OH is 1. The van der Waals surface area contributed by atoms with Gasteiger partial charge in [-0.25, -0.2) is 0 Å². The van der Waals surface area contributed by atoms with E-state index in [1.807, 2.05) is 12.1 Å². The minimum atomic E-state index is -0.177. The molecule has 0 saturated carbocycles. The summed E-state index contributed by atoms with van der Waals surface area (Å²) in [6.07, 6.45) is 3.83. The number of ether oxygens (including phenoxy) is 1. The fourth-order valence-electron chi connectivity index (χ4n) is 2.62. The third kappa shape index (κ3) is 6.06. The van der Waals surface area contributed by atoms with E-state index in [4.69, 9.17) is 4.74 Å². The summed E-state index contributed by atoms with van der Waals surface area (Å²) in [5.74, 6) is 0.926. The Hall–Kier alpha value is -1.06. The second kappa shape index (κ2) is 9.06. The number of nitrogens with one attached hydrogen (secondary N) is 1. The van der Waals surface area contributed by atoms with Gasteiger partial charge >= 0.3 is 0 Å². The van der Waals surface area contributed by atoms with Gasteiger partial charge in [0.2, 0.25) is 0 Å². The number of hydrogen-bond acceptors (Lipinski definition) is 3. The molecule has 0 aliphatic heterocycles. The van der Waals surface area contributed by atoms with Crippen LogP contribution in [-0.4, -0.2) is 29.9 Å². The van der Waals surface area contributed by atoms with Crippen LogP contribution in [0.2, 0.25) is 0 Å². The van der Waals surface area contributed by atoms with Crippen LogP contribution in [0.3, 0.4) is 0 Å². The third-order valence-corrected chi connectivity index (χ3v) is 3.97. The van der Waals surface area contributed by atoms with E-state index in [0.29, 0.717) is 12.6 Å². The first-order chi connectivity index (χ1) is 10.0. The highest BCUT2D eigenvalue weighted by molar-refractivity contribution is 5.27. The Morgan fingerprint density at radius 3 is 2.33 bits per heavy atom. The highest BCUT2D eigenvalue weighted by Gasteiger charge is 2.27. The van der Waals surface area contributed by atoms with Crippen molar-refractivity contribution >= 4 is 0 Å². The van der Waals surface area contributed by atoms with E-state index in [2.05, 4.69) is 45.1 Å². The van der Waals surface area contributed by atoms with Gasteiger partial charge in [0.15, 0.2) is 0 Å². The fraction of sp³-hybridized carbons (Fsp3) is 0.667. The molecule has 1 aromatic carbocycles. The van der Waals surface area contributed by atoms with E-state index in [0.717, 1.165) is 31.4 Å². The first kappa shape index (κ1) is 18.0. The highest BCUT2D eigenvalue weighted by Crippen LogP contribution is 2.19. The highest BCUT2D eigenvalue weighted by atomic mass is 16.5. The topological polar surface area (TPSA) is 41.5 Å². The molecule has 120 valence electrons. The second-order valence-corrected chi connectivity index (χ2v) is 6.04. The second-order valence-electron chi connectivity index (χ2n) is 6.04. The Labute approximate surface area is 129 Å². The normalized spacial score (nSPS) is 14.2. The largest absolute Gasteiger partial charge is 0.494 e. The predicted molar refractivity (Wildman–Crippen MR) is 88.9 cm³/mol. The summed E-state index contributed by atoms with van der Waals surface area (Å²) >= 11 is 0. The van der Waals surface area contributed by atoms with Crippen molar-refractivity contribution in [3.63, 3.8) is 0 Å². The van der Waals surface area contributed by atoms with E-state index in [9.17, 15) is 5.11 Å². The molecule has 0 heterocycles. The van der Waals surface area contributed by atoms with E-state index < -0.39 is 0 Å². The molecule has 1 aromatic rings. The van der Waals surface area contributed by atoms with Gasteiger partial charge in [-0.2, -0.15) is 0 Å². The van der Waals surface area contributed by atoms with Crippen molar-refractivity contribution < 1.29 is 9.84 Å². The smallest absolute Gasteiger partial charge is 0.119 e. The van der Waals surface area contributed by atoms with Crippen LogP contribution in [0.1, 0.15) is 52.5 Å². The zero-order valence-electron chi connectivity index (χ0n) is 14.0. The zero-order valence-corrected chi connectivity index (χ0v) is 14.0. The Morgan fingerprint density at radius 1 is 1.19 bits per heavy atom. The minimum absolute atomic E-state index is 0.173. The predicted octanol–water partition coefficient (Wildman–Crippen LogP) is 3.55. The Balaban J connectivity index is 2.39. The molecule has 1 unspecified atom stereocenters. The van der Waals surface area contributed by atoms with Gasteiger partial charge in [0.05, 0.1) is 13.2 Å². The average Bonchev–Trinajstić information content (AvgIpc) is 2.50. The SMILES string of the molecule is CCc1ccc(OCCCC(CC)(CO)NC(C)C)cc1. The third-order valence-electron chi connectivity index (χ3n) is 3.97. The minimum Gasteiger partial charge on any atom is -0.494 e. The van der Waals surface area contributed by atoms with Gasteiger partial charge < -0.3 is 15.2 Å². The quantitative estimate of drug-likeness (QED) is 0.648. The van der Waals surface area contributed by atoms with Crippen molar-refractivity contribution in [3.8, 4) is 5.75 Å². The molecular formula is C18H31NO2. The number of aliphatic hydroxyl groups is 1. The van der Waals surface area contributed by atoms with E-state index in [-0.39, 0.29) is 12.1 Å². The summed E-state index contributed by atoms with van der Waals surface area (Å²) in [5.41, 5.74) is 1.15. The van der Waals surface area contributed by atoms with E-state index in [1.165, 1.54) is 5.56 Å². The summed E-state index contributed by atoms with van der Waals surface area (Å²) in [7, 11) is 0. The van der Waals surface area contributed by atoms with Crippen LogP contribution in [0, 0.1) is 0 Å². The van der Waals surface area contributed by atoms with Crippen LogP contribution in [0.15, 0.2) is 24.3 Å². The first-order valence-electron chi connectivity index (χ1n) is 8.15. The first-order valence-corrected chi connectivity index (χ1v) is 8.15. The van der Waals surface area contributed by atoms with Gasteiger partial charge in [-0.1, -0.05) is 39.8 Å². The van der Waals surface area contributed by atoms with Crippen molar-refractivity contribution in [2.24, 2.45) is 0 Å². The van der Waals surface area contributed by atoms with Crippen LogP contribution in [-0.2, 0) is 6.42 Å². The molecule has 0 bridgehead atoms. The molecule has 1 rings (SSSR count). The molecule has 3 heteroatoms. The Kier molecular flexibility index (Phi) is 7.76. The van der Waals surface area contributed by atoms with Crippen LogP contribution < -0.4 is 10.1 Å².